The van der Waals surface area contributed by atoms with Crippen LogP contribution in [0.2, 0.25) is 0 Å². The van der Waals surface area contributed by atoms with Crippen LogP contribution in [-0.4, -0.2) is 27.5 Å². The van der Waals surface area contributed by atoms with Crippen molar-refractivity contribution in [2.24, 2.45) is 5.92 Å². The van der Waals surface area contributed by atoms with Gasteiger partial charge in [0.05, 0.1) is 18.0 Å². The molecule has 1 aliphatic rings. The lowest BCUT2D eigenvalue weighted by atomic mass is 9.87. The van der Waals surface area contributed by atoms with E-state index in [1.54, 1.807) is 6.20 Å². The zero-order valence-electron chi connectivity index (χ0n) is 11.2. The number of terminal acetylenes is 1. The van der Waals surface area contributed by atoms with Crippen molar-refractivity contribution >= 4 is 21.6 Å². The van der Waals surface area contributed by atoms with Gasteiger partial charge in [-0.15, -0.1) is 6.42 Å². The van der Waals surface area contributed by atoms with Gasteiger partial charge in [0.2, 0.25) is 0 Å². The average molecular weight is 340 g/mol. The van der Waals surface area contributed by atoms with Gasteiger partial charge in [0.25, 0.3) is 5.56 Å². The van der Waals surface area contributed by atoms with Gasteiger partial charge < -0.3 is 10.4 Å². The van der Waals surface area contributed by atoms with Crippen molar-refractivity contribution in [2.45, 2.75) is 38.3 Å². The van der Waals surface area contributed by atoms with Crippen molar-refractivity contribution in [3.63, 3.8) is 0 Å². The van der Waals surface area contributed by atoms with E-state index in [4.69, 9.17) is 6.42 Å². The van der Waals surface area contributed by atoms with E-state index in [2.05, 4.69) is 32.3 Å². The maximum atomic E-state index is 12.0. The van der Waals surface area contributed by atoms with Gasteiger partial charge in [-0.25, -0.2) is 4.68 Å². The Kier molecular flexibility index (Phi) is 5.21. The van der Waals surface area contributed by atoms with Crippen molar-refractivity contribution in [1.82, 2.24) is 9.78 Å². The first-order valence-electron chi connectivity index (χ1n) is 6.73. The maximum Gasteiger partial charge on any atom is 0.284 e. The first kappa shape index (κ1) is 15.1. The number of aliphatic hydroxyl groups is 1. The van der Waals surface area contributed by atoms with E-state index in [1.807, 2.05) is 0 Å². The Balaban J connectivity index is 2.01. The van der Waals surface area contributed by atoms with Crippen LogP contribution in [0.5, 0.6) is 0 Å². The smallest absolute Gasteiger partial charge is 0.284 e. The van der Waals surface area contributed by atoms with Crippen LogP contribution in [0, 0.1) is 18.3 Å². The summed E-state index contributed by atoms with van der Waals surface area (Å²) >= 11 is 3.28. The first-order valence-corrected chi connectivity index (χ1v) is 7.52. The minimum Gasteiger partial charge on any atom is -0.393 e. The van der Waals surface area contributed by atoms with Gasteiger partial charge in [-0.2, -0.15) is 5.10 Å². The number of rotatable bonds is 4. The molecule has 1 aliphatic carbocycles. The summed E-state index contributed by atoms with van der Waals surface area (Å²) < 4.78 is 1.68. The predicted octanol–water partition coefficient (Wildman–Crippen LogP) is 1.60. The highest BCUT2D eigenvalue weighted by atomic mass is 79.9. The molecule has 0 bridgehead atoms. The van der Waals surface area contributed by atoms with Gasteiger partial charge in [-0.3, -0.25) is 4.79 Å². The van der Waals surface area contributed by atoms with Crippen LogP contribution in [0.4, 0.5) is 5.69 Å². The fraction of sp³-hybridized carbons (Fsp3) is 0.571. The van der Waals surface area contributed by atoms with Crippen molar-refractivity contribution in [3.8, 4) is 12.3 Å². The molecule has 0 amide bonds. The van der Waals surface area contributed by atoms with Crippen molar-refractivity contribution in [2.75, 3.05) is 11.9 Å². The lowest BCUT2D eigenvalue weighted by Crippen LogP contribution is -2.27. The van der Waals surface area contributed by atoms with Gasteiger partial charge >= 0.3 is 0 Å². The van der Waals surface area contributed by atoms with Crippen LogP contribution in [-0.2, 0) is 6.54 Å². The minimum absolute atomic E-state index is 0.159. The third-order valence-corrected chi connectivity index (χ3v) is 4.33. The molecule has 1 fully saturated rings. The second-order valence-electron chi connectivity index (χ2n) is 5.11. The monoisotopic (exact) mass is 339 g/mol. The number of nitrogens with zero attached hydrogens (tertiary/aromatic N) is 2. The molecule has 5 nitrogen and oxygen atoms in total. The normalized spacial score (nSPS) is 22.2. The molecule has 0 aliphatic heterocycles. The largest absolute Gasteiger partial charge is 0.393 e. The summed E-state index contributed by atoms with van der Waals surface area (Å²) in [6, 6.07) is 0. The van der Waals surface area contributed by atoms with Crippen LogP contribution in [0.1, 0.15) is 25.7 Å². The topological polar surface area (TPSA) is 67.2 Å². The standard InChI is InChI=1S/C14H18BrN3O2/c1-2-6-18-14(20)13(15)12(9-17-18)16-8-10-4-3-5-11(19)7-10/h1,9-11,16,19H,3-8H2. The molecule has 2 N–H and O–H groups in total. The summed E-state index contributed by atoms with van der Waals surface area (Å²) in [7, 11) is 0. The molecule has 20 heavy (non-hydrogen) atoms. The van der Waals surface area contributed by atoms with Crippen molar-refractivity contribution in [3.05, 3.63) is 21.0 Å². The van der Waals surface area contributed by atoms with Crippen LogP contribution < -0.4 is 10.9 Å². The van der Waals surface area contributed by atoms with Gasteiger partial charge in [-0.1, -0.05) is 12.3 Å². The molecule has 2 unspecified atom stereocenters. The molecule has 1 aromatic heterocycles. The van der Waals surface area contributed by atoms with E-state index in [9.17, 15) is 9.90 Å². The molecular formula is C14H18BrN3O2. The lowest BCUT2D eigenvalue weighted by Gasteiger charge is -2.26. The number of halogens is 1. The summed E-state index contributed by atoms with van der Waals surface area (Å²) in [5.74, 6) is 2.82. The predicted molar refractivity (Wildman–Crippen MR) is 81.5 cm³/mol. The summed E-state index contributed by atoms with van der Waals surface area (Å²) in [6.07, 6.45) is 10.4. The number of nitrogens with one attached hydrogen (secondary N) is 1. The fourth-order valence-corrected chi connectivity index (χ4v) is 2.94. The minimum atomic E-state index is -0.239. The van der Waals surface area contributed by atoms with E-state index < -0.39 is 0 Å². The number of aromatic nitrogens is 2. The number of anilines is 1. The quantitative estimate of drug-likeness (QED) is 0.817. The molecule has 6 heteroatoms. The van der Waals surface area contributed by atoms with Gasteiger partial charge in [0.15, 0.2) is 0 Å². The summed E-state index contributed by atoms with van der Waals surface area (Å²) in [4.78, 5) is 12.0. The van der Waals surface area contributed by atoms with E-state index in [1.165, 1.54) is 4.68 Å². The van der Waals surface area contributed by atoms with E-state index in [-0.39, 0.29) is 18.2 Å². The maximum absolute atomic E-state index is 12.0. The molecule has 2 atom stereocenters. The molecule has 0 aromatic carbocycles. The van der Waals surface area contributed by atoms with Gasteiger partial charge in [-0.05, 0) is 41.1 Å². The highest BCUT2D eigenvalue weighted by Crippen LogP contribution is 2.25. The third kappa shape index (κ3) is 3.62. The molecule has 108 valence electrons. The molecule has 2 rings (SSSR count). The Bertz CT molecular complexity index is 565. The summed E-state index contributed by atoms with van der Waals surface area (Å²) in [5.41, 5.74) is 0.431. The number of hydrogen-bond donors (Lipinski definition) is 2. The van der Waals surface area contributed by atoms with Gasteiger partial charge in [0.1, 0.15) is 11.0 Å². The first-order chi connectivity index (χ1) is 9.61. The second kappa shape index (κ2) is 6.91. The molecule has 1 saturated carbocycles. The van der Waals surface area contributed by atoms with Crippen molar-refractivity contribution < 1.29 is 5.11 Å². The summed E-state index contributed by atoms with van der Waals surface area (Å²) in [5, 5.41) is 16.9. The van der Waals surface area contributed by atoms with Crippen LogP contribution in [0.3, 0.4) is 0 Å². The Morgan fingerprint density at radius 3 is 3.10 bits per heavy atom. The molecule has 0 saturated heterocycles. The van der Waals surface area contributed by atoms with Crippen molar-refractivity contribution in [1.29, 1.82) is 0 Å². The Morgan fingerprint density at radius 1 is 1.60 bits per heavy atom. The fourth-order valence-electron chi connectivity index (χ4n) is 2.49. The number of aliphatic hydroxyl groups excluding tert-OH is 1. The van der Waals surface area contributed by atoms with Crippen LogP contribution in [0.25, 0.3) is 0 Å². The highest BCUT2D eigenvalue weighted by Gasteiger charge is 2.20. The third-order valence-electron chi connectivity index (χ3n) is 3.56. The number of hydrogen-bond acceptors (Lipinski definition) is 4. The molecule has 1 aromatic rings. The lowest BCUT2D eigenvalue weighted by molar-refractivity contribution is 0.105. The zero-order chi connectivity index (χ0) is 14.5. The van der Waals surface area contributed by atoms with Crippen LogP contribution >= 0.6 is 15.9 Å². The Morgan fingerprint density at radius 2 is 2.40 bits per heavy atom. The summed E-state index contributed by atoms with van der Waals surface area (Å²) in [6.45, 7) is 0.891. The molecular weight excluding hydrogens is 322 g/mol. The molecule has 1 heterocycles. The SMILES string of the molecule is C#CCn1ncc(NCC2CCCC(O)C2)c(Br)c1=O. The Hall–Kier alpha value is -1.32. The second-order valence-corrected chi connectivity index (χ2v) is 5.90. The zero-order valence-corrected chi connectivity index (χ0v) is 12.8. The van der Waals surface area contributed by atoms with Crippen LogP contribution in [0.15, 0.2) is 15.5 Å². The van der Waals surface area contributed by atoms with E-state index in [0.717, 1.165) is 32.2 Å². The average Bonchev–Trinajstić information content (AvgIpc) is 2.43. The molecule has 0 spiro atoms. The van der Waals surface area contributed by atoms with E-state index in [0.29, 0.717) is 16.1 Å². The molecule has 0 radical (unpaired) electrons. The highest BCUT2D eigenvalue weighted by molar-refractivity contribution is 9.10. The Labute approximate surface area is 126 Å². The van der Waals surface area contributed by atoms with Gasteiger partial charge in [0, 0.05) is 6.54 Å². The van der Waals surface area contributed by atoms with E-state index >= 15 is 0 Å².